The molecule has 1 fully saturated rings. The summed E-state index contributed by atoms with van der Waals surface area (Å²) >= 11 is 6.07. The Balaban J connectivity index is 1.19. The molecular weight excluding hydrogens is 523 g/mol. The van der Waals surface area contributed by atoms with Crippen molar-refractivity contribution in [1.29, 1.82) is 0 Å². The lowest BCUT2D eigenvalue weighted by Gasteiger charge is -2.21. The molecule has 1 aliphatic rings. The van der Waals surface area contributed by atoms with Gasteiger partial charge in [0.2, 0.25) is 11.8 Å². The van der Waals surface area contributed by atoms with Gasteiger partial charge in [0.05, 0.1) is 13.2 Å². The zero-order chi connectivity index (χ0) is 26.4. The van der Waals surface area contributed by atoms with Gasteiger partial charge in [-0.2, -0.15) is 13.9 Å². The Morgan fingerprint density at radius 3 is 2.37 bits per heavy atom. The Morgan fingerprint density at radius 1 is 0.947 bits per heavy atom. The lowest BCUT2D eigenvalue weighted by molar-refractivity contribution is -0.116. The van der Waals surface area contributed by atoms with Crippen molar-refractivity contribution >= 4 is 31.1 Å². The minimum Gasteiger partial charge on any atom is -0.441 e. The lowest BCUT2D eigenvalue weighted by atomic mass is 10.1. The standard InChI is InChI=1S/C29H28ClN2O5P/c30-24-14-12-22(13-15-24)28-26(37-29(32-28)23-6-2-1-3-7-23)8-4-9-27(33)31-25-16-10-21(11-17-25)20-38(34)35-18-5-19-36-38/h1-3,6-7,10-17,34H,4-5,8-9,18-20H2/p+1. The van der Waals surface area contributed by atoms with Crippen LogP contribution in [0.1, 0.15) is 30.6 Å². The second-order valence-corrected chi connectivity index (χ2v) is 11.6. The Kier molecular flexibility index (Phi) is 8.52. The third-order valence-electron chi connectivity index (χ3n) is 6.14. The first-order chi connectivity index (χ1) is 18.5. The van der Waals surface area contributed by atoms with Crippen molar-refractivity contribution in [3.05, 3.63) is 95.2 Å². The topological polar surface area (TPSA) is 93.8 Å². The fourth-order valence-electron chi connectivity index (χ4n) is 4.22. The van der Waals surface area contributed by atoms with Gasteiger partial charge in [-0.05, 0) is 48.4 Å². The number of hydrogen-bond acceptors (Lipinski definition) is 6. The van der Waals surface area contributed by atoms with Crippen LogP contribution in [0, 0.1) is 0 Å². The van der Waals surface area contributed by atoms with E-state index in [1.54, 1.807) is 0 Å². The number of oxazole rings is 1. The molecule has 38 heavy (non-hydrogen) atoms. The summed E-state index contributed by atoms with van der Waals surface area (Å²) in [5.74, 6) is 1.20. The predicted molar refractivity (Wildman–Crippen MR) is 150 cm³/mol. The van der Waals surface area contributed by atoms with E-state index in [4.69, 9.17) is 30.0 Å². The predicted octanol–water partition coefficient (Wildman–Crippen LogP) is 7.32. The normalized spacial score (nSPS) is 14.8. The molecule has 7 nitrogen and oxygen atoms in total. The molecule has 1 saturated heterocycles. The molecule has 0 saturated carbocycles. The number of carbonyl (C=O) groups excluding carboxylic acids is 1. The van der Waals surface area contributed by atoms with Gasteiger partial charge in [-0.25, -0.2) is 4.98 Å². The second kappa shape index (κ2) is 12.2. The van der Waals surface area contributed by atoms with Gasteiger partial charge in [-0.1, -0.05) is 54.1 Å². The maximum atomic E-state index is 12.6. The highest BCUT2D eigenvalue weighted by atomic mass is 35.5. The largest absolute Gasteiger partial charge is 0.441 e. The van der Waals surface area contributed by atoms with Gasteiger partial charge < -0.3 is 9.73 Å². The van der Waals surface area contributed by atoms with Crippen LogP contribution in [0.3, 0.4) is 0 Å². The number of halogens is 1. The Labute approximate surface area is 227 Å². The lowest BCUT2D eigenvalue weighted by Crippen LogP contribution is -2.14. The molecule has 0 atom stereocenters. The second-order valence-electron chi connectivity index (χ2n) is 9.08. The maximum absolute atomic E-state index is 12.6. The van der Waals surface area contributed by atoms with Crippen molar-refractivity contribution in [2.24, 2.45) is 0 Å². The average molecular weight is 552 g/mol. The first kappa shape index (κ1) is 26.5. The monoisotopic (exact) mass is 551 g/mol. The molecule has 5 rings (SSSR count). The number of anilines is 1. The van der Waals surface area contributed by atoms with Gasteiger partial charge in [0, 0.05) is 41.1 Å². The van der Waals surface area contributed by atoms with Gasteiger partial charge in [0.1, 0.15) is 11.5 Å². The van der Waals surface area contributed by atoms with Crippen LogP contribution in [0.2, 0.25) is 5.02 Å². The number of hydrogen-bond donors (Lipinski definition) is 2. The molecule has 0 unspecified atom stereocenters. The highest BCUT2D eigenvalue weighted by Gasteiger charge is 2.43. The number of benzene rings is 3. The number of nitrogens with one attached hydrogen (secondary N) is 1. The van der Waals surface area contributed by atoms with Gasteiger partial charge in [0.15, 0.2) is 6.16 Å². The van der Waals surface area contributed by atoms with E-state index in [1.807, 2.05) is 78.9 Å². The number of rotatable bonds is 9. The Hall–Kier alpha value is -3.06. The first-order valence-corrected chi connectivity index (χ1v) is 14.7. The minimum absolute atomic E-state index is 0.0846. The van der Waals surface area contributed by atoms with E-state index in [9.17, 15) is 9.69 Å². The minimum atomic E-state index is -2.83. The van der Waals surface area contributed by atoms with Crippen molar-refractivity contribution in [1.82, 2.24) is 4.98 Å². The van der Waals surface area contributed by atoms with Gasteiger partial charge >= 0.3 is 7.94 Å². The van der Waals surface area contributed by atoms with E-state index < -0.39 is 7.94 Å². The Morgan fingerprint density at radius 2 is 1.66 bits per heavy atom. The van der Waals surface area contributed by atoms with Gasteiger partial charge in [-0.3, -0.25) is 4.79 Å². The summed E-state index contributed by atoms with van der Waals surface area (Å²) in [6.45, 7) is 1.03. The summed E-state index contributed by atoms with van der Waals surface area (Å²) in [7, 11) is -2.83. The SMILES string of the molecule is O=C(CCCc1oc(-c2ccccc2)nc1-c1ccc(Cl)cc1)Nc1ccc(C[P+]2(O)OCCCO2)cc1. The molecule has 0 spiro atoms. The highest BCUT2D eigenvalue weighted by Crippen LogP contribution is 2.61. The van der Waals surface area contributed by atoms with E-state index in [0.29, 0.717) is 55.2 Å². The molecule has 9 heteroatoms. The van der Waals surface area contributed by atoms with Crippen LogP contribution in [0.4, 0.5) is 5.69 Å². The van der Waals surface area contributed by atoms with E-state index >= 15 is 0 Å². The van der Waals surface area contributed by atoms with Crippen LogP contribution >= 0.6 is 19.5 Å². The van der Waals surface area contributed by atoms with E-state index in [1.165, 1.54) is 0 Å². The van der Waals surface area contributed by atoms with Crippen molar-refractivity contribution in [3.63, 3.8) is 0 Å². The molecule has 0 aliphatic carbocycles. The fraction of sp³-hybridized carbons (Fsp3) is 0.241. The Bertz CT molecular complexity index is 1350. The smallest absolute Gasteiger partial charge is 0.413 e. The summed E-state index contributed by atoms with van der Waals surface area (Å²) in [6.07, 6.45) is 2.61. The van der Waals surface area contributed by atoms with E-state index in [2.05, 4.69) is 5.32 Å². The van der Waals surface area contributed by atoms with Crippen molar-refractivity contribution in [2.75, 3.05) is 18.5 Å². The van der Waals surface area contributed by atoms with Crippen molar-refractivity contribution < 1.29 is 23.2 Å². The highest BCUT2D eigenvalue weighted by molar-refractivity contribution is 7.59. The average Bonchev–Trinajstić information content (AvgIpc) is 3.35. The third kappa shape index (κ3) is 6.87. The number of aromatic nitrogens is 1. The summed E-state index contributed by atoms with van der Waals surface area (Å²) in [5, 5.41) is 3.59. The van der Waals surface area contributed by atoms with Crippen LogP contribution in [0.25, 0.3) is 22.7 Å². The molecule has 0 bridgehead atoms. The fourth-order valence-corrected chi connectivity index (χ4v) is 6.10. The number of amides is 1. The molecule has 1 aliphatic heterocycles. The molecule has 3 aromatic carbocycles. The molecule has 2 heterocycles. The van der Waals surface area contributed by atoms with Crippen molar-refractivity contribution in [3.8, 4) is 22.7 Å². The maximum Gasteiger partial charge on any atom is 0.413 e. The number of carbonyl (C=O) groups is 1. The van der Waals surface area contributed by atoms with Crippen LogP contribution < -0.4 is 5.32 Å². The zero-order valence-corrected chi connectivity index (χ0v) is 22.5. The third-order valence-corrected chi connectivity index (χ3v) is 8.33. The molecular formula is C29H29ClN2O5P+. The zero-order valence-electron chi connectivity index (χ0n) is 20.8. The van der Waals surface area contributed by atoms with Crippen LogP contribution in [0.15, 0.2) is 83.3 Å². The van der Waals surface area contributed by atoms with Crippen molar-refractivity contribution in [2.45, 2.75) is 31.8 Å². The quantitative estimate of drug-likeness (QED) is 0.212. The summed E-state index contributed by atoms with van der Waals surface area (Å²) in [6, 6.07) is 24.6. The molecule has 0 radical (unpaired) electrons. The van der Waals surface area contributed by atoms with Gasteiger partial charge in [-0.15, -0.1) is 0 Å². The summed E-state index contributed by atoms with van der Waals surface area (Å²) in [4.78, 5) is 27.9. The molecule has 2 N–H and O–H groups in total. The summed E-state index contributed by atoms with van der Waals surface area (Å²) in [5.41, 5.74) is 4.16. The molecule has 1 amide bonds. The van der Waals surface area contributed by atoms with Crippen LogP contribution in [0.5, 0.6) is 0 Å². The molecule has 4 aromatic rings. The van der Waals surface area contributed by atoms with E-state index in [0.717, 1.165) is 34.6 Å². The van der Waals surface area contributed by atoms with Gasteiger partial charge in [0.25, 0.3) is 0 Å². The molecule has 1 aromatic heterocycles. The first-order valence-electron chi connectivity index (χ1n) is 12.6. The van der Waals surface area contributed by atoms with E-state index in [-0.39, 0.29) is 5.91 Å². The summed E-state index contributed by atoms with van der Waals surface area (Å²) < 4.78 is 17.1. The van der Waals surface area contributed by atoms with Crippen LogP contribution in [-0.2, 0) is 26.4 Å². The molecule has 196 valence electrons. The number of aryl methyl sites for hydroxylation is 1. The van der Waals surface area contributed by atoms with Crippen LogP contribution in [-0.4, -0.2) is 29.0 Å². The number of nitrogens with zero attached hydrogens (tertiary/aromatic N) is 1.